The number of pyridine rings is 2. The first-order chi connectivity index (χ1) is 12.7. The van der Waals surface area contributed by atoms with Crippen molar-refractivity contribution in [1.29, 1.82) is 5.26 Å². The Labute approximate surface area is 151 Å². The quantitative estimate of drug-likeness (QED) is 0.716. The monoisotopic (exact) mass is 343 g/mol. The number of ketones is 1. The Balaban J connectivity index is 2.11. The van der Waals surface area contributed by atoms with Crippen molar-refractivity contribution in [3.05, 3.63) is 53.2 Å². The van der Waals surface area contributed by atoms with Gasteiger partial charge in [0, 0.05) is 22.9 Å². The highest BCUT2D eigenvalue weighted by atomic mass is 16.5. The van der Waals surface area contributed by atoms with Gasteiger partial charge in [-0.25, -0.2) is 4.98 Å². The molecule has 0 unspecified atom stereocenters. The van der Waals surface area contributed by atoms with Crippen LogP contribution < -0.4 is 4.74 Å². The molecule has 128 valence electrons. The van der Waals surface area contributed by atoms with Crippen LogP contribution in [0.25, 0.3) is 22.2 Å². The van der Waals surface area contributed by atoms with Crippen molar-refractivity contribution in [1.82, 2.24) is 9.97 Å². The van der Waals surface area contributed by atoms with Crippen LogP contribution in [0.2, 0.25) is 0 Å². The molecule has 1 aromatic carbocycles. The van der Waals surface area contributed by atoms with Gasteiger partial charge in [0.2, 0.25) is 5.88 Å². The van der Waals surface area contributed by atoms with E-state index in [1.807, 2.05) is 43.3 Å². The number of aryl methyl sites for hydroxylation is 1. The number of carbonyl (C=O) groups excluding carboxylic acids is 1. The molecule has 0 amide bonds. The van der Waals surface area contributed by atoms with E-state index in [2.05, 4.69) is 16.0 Å². The average Bonchev–Trinajstić information content (AvgIpc) is 2.67. The maximum absolute atomic E-state index is 12.4. The first-order valence-electron chi connectivity index (χ1n) is 8.72. The molecule has 26 heavy (non-hydrogen) atoms. The molecule has 2 aromatic heterocycles. The number of rotatable bonds is 3. The van der Waals surface area contributed by atoms with Gasteiger partial charge in [-0.1, -0.05) is 30.3 Å². The lowest BCUT2D eigenvalue weighted by Crippen LogP contribution is -2.13. The lowest BCUT2D eigenvalue weighted by molar-refractivity contribution is 0.0972. The van der Waals surface area contributed by atoms with E-state index in [1.54, 1.807) is 0 Å². The maximum atomic E-state index is 12.4. The molecule has 0 fully saturated rings. The van der Waals surface area contributed by atoms with Crippen LogP contribution in [0.5, 0.6) is 5.88 Å². The van der Waals surface area contributed by atoms with E-state index in [1.165, 1.54) is 0 Å². The van der Waals surface area contributed by atoms with Crippen LogP contribution in [0.15, 0.2) is 36.4 Å². The molecule has 1 aliphatic rings. The van der Waals surface area contributed by atoms with Crippen molar-refractivity contribution in [3.63, 3.8) is 0 Å². The summed E-state index contributed by atoms with van der Waals surface area (Å²) in [5.41, 5.74) is 3.91. The van der Waals surface area contributed by atoms with Gasteiger partial charge in [-0.15, -0.1) is 0 Å². The van der Waals surface area contributed by atoms with Gasteiger partial charge >= 0.3 is 0 Å². The third-order valence-electron chi connectivity index (χ3n) is 4.60. The number of nitrogens with zero attached hydrogens (tertiary/aromatic N) is 3. The lowest BCUT2D eigenvalue weighted by atomic mass is 9.91. The highest BCUT2D eigenvalue weighted by Crippen LogP contribution is 2.37. The Morgan fingerprint density at radius 1 is 1.19 bits per heavy atom. The van der Waals surface area contributed by atoms with Gasteiger partial charge in [-0.3, -0.25) is 4.79 Å². The number of Topliss-reactive ketones (excluding diaryl/α,β-unsaturated/α-hetero) is 1. The van der Waals surface area contributed by atoms with E-state index in [0.29, 0.717) is 35.2 Å². The molecule has 0 atom stereocenters. The number of hydrogen-bond donors (Lipinski definition) is 0. The molecule has 5 nitrogen and oxygen atoms in total. The number of ether oxygens (including phenoxy) is 1. The van der Waals surface area contributed by atoms with E-state index in [4.69, 9.17) is 4.74 Å². The number of carbonyl (C=O) groups is 1. The van der Waals surface area contributed by atoms with Crippen molar-refractivity contribution in [2.75, 3.05) is 6.61 Å². The predicted molar refractivity (Wildman–Crippen MR) is 98.1 cm³/mol. The number of hydrogen-bond acceptors (Lipinski definition) is 5. The third kappa shape index (κ3) is 2.60. The summed E-state index contributed by atoms with van der Waals surface area (Å²) in [7, 11) is 0. The molecular weight excluding hydrogens is 326 g/mol. The van der Waals surface area contributed by atoms with Gasteiger partial charge in [-0.2, -0.15) is 10.2 Å². The SMILES string of the molecule is CCOc1nc2nc3c(cc2c(-c2ccccc2)c1C#N)C(=O)CCC3. The Morgan fingerprint density at radius 3 is 2.73 bits per heavy atom. The second-order valence-electron chi connectivity index (χ2n) is 6.21. The fraction of sp³-hybridized carbons (Fsp3) is 0.238. The summed E-state index contributed by atoms with van der Waals surface area (Å²) in [6.45, 7) is 2.26. The third-order valence-corrected chi connectivity index (χ3v) is 4.60. The molecule has 3 aromatic rings. The zero-order chi connectivity index (χ0) is 18.1. The maximum Gasteiger partial charge on any atom is 0.234 e. The van der Waals surface area contributed by atoms with E-state index < -0.39 is 0 Å². The fourth-order valence-corrected chi connectivity index (χ4v) is 3.44. The van der Waals surface area contributed by atoms with Gasteiger partial charge in [-0.05, 0) is 31.4 Å². The van der Waals surface area contributed by atoms with Crippen LogP contribution in [-0.2, 0) is 6.42 Å². The van der Waals surface area contributed by atoms with Crippen molar-refractivity contribution < 1.29 is 9.53 Å². The lowest BCUT2D eigenvalue weighted by Gasteiger charge is -2.17. The van der Waals surface area contributed by atoms with Gasteiger partial charge < -0.3 is 4.74 Å². The molecule has 5 heteroatoms. The summed E-state index contributed by atoms with van der Waals surface area (Å²) < 4.78 is 5.62. The number of fused-ring (bicyclic) bond motifs is 2. The standard InChI is InChI=1S/C21H17N3O2/c1-2-26-21-16(12-22)19(13-7-4-3-5-8-13)15-11-14-17(23-20(15)24-21)9-6-10-18(14)25/h3-5,7-8,11H,2,6,9-10H2,1H3. The second kappa shape index (κ2) is 6.57. The molecule has 1 aliphatic carbocycles. The van der Waals surface area contributed by atoms with Crippen LogP contribution in [0.1, 0.15) is 41.4 Å². The van der Waals surface area contributed by atoms with Crippen LogP contribution in [0.3, 0.4) is 0 Å². The summed E-state index contributed by atoms with van der Waals surface area (Å²) >= 11 is 0. The molecule has 0 bridgehead atoms. The number of aromatic nitrogens is 2. The van der Waals surface area contributed by atoms with E-state index in [-0.39, 0.29) is 11.7 Å². The molecular formula is C21H17N3O2. The summed E-state index contributed by atoms with van der Waals surface area (Å²) in [5, 5.41) is 10.5. The molecule has 0 radical (unpaired) electrons. The molecule has 4 rings (SSSR count). The minimum atomic E-state index is 0.104. The van der Waals surface area contributed by atoms with Gasteiger partial charge in [0.05, 0.1) is 12.3 Å². The summed E-state index contributed by atoms with van der Waals surface area (Å²) in [5.74, 6) is 0.392. The highest BCUT2D eigenvalue weighted by molar-refractivity contribution is 6.04. The minimum absolute atomic E-state index is 0.104. The average molecular weight is 343 g/mol. The zero-order valence-corrected chi connectivity index (χ0v) is 14.5. The number of benzene rings is 1. The summed E-state index contributed by atoms with van der Waals surface area (Å²) in [6, 6.07) is 13.7. The highest BCUT2D eigenvalue weighted by Gasteiger charge is 2.24. The van der Waals surface area contributed by atoms with Gasteiger partial charge in [0.25, 0.3) is 0 Å². The molecule has 0 spiro atoms. The fourth-order valence-electron chi connectivity index (χ4n) is 3.44. The van der Waals surface area contributed by atoms with Crippen LogP contribution in [0.4, 0.5) is 0 Å². The molecule has 0 N–H and O–H groups in total. The second-order valence-corrected chi connectivity index (χ2v) is 6.21. The topological polar surface area (TPSA) is 75.9 Å². The van der Waals surface area contributed by atoms with Crippen LogP contribution in [0, 0.1) is 11.3 Å². The normalized spacial score (nSPS) is 13.3. The Kier molecular flexibility index (Phi) is 4.10. The van der Waals surface area contributed by atoms with Crippen LogP contribution >= 0.6 is 0 Å². The number of nitriles is 1. The van der Waals surface area contributed by atoms with Crippen molar-refractivity contribution >= 4 is 16.8 Å². The summed E-state index contributed by atoms with van der Waals surface area (Å²) in [4.78, 5) is 21.5. The smallest absolute Gasteiger partial charge is 0.234 e. The molecule has 2 heterocycles. The summed E-state index contributed by atoms with van der Waals surface area (Å²) in [6.07, 6.45) is 2.12. The van der Waals surface area contributed by atoms with E-state index >= 15 is 0 Å². The predicted octanol–water partition coefficient (Wildman–Crippen LogP) is 4.09. The molecule has 0 saturated heterocycles. The molecule has 0 saturated carbocycles. The van der Waals surface area contributed by atoms with Crippen molar-refractivity contribution in [3.8, 4) is 23.1 Å². The minimum Gasteiger partial charge on any atom is -0.477 e. The Hall–Kier alpha value is -3.26. The first-order valence-corrected chi connectivity index (χ1v) is 8.72. The van der Waals surface area contributed by atoms with Gasteiger partial charge in [0.1, 0.15) is 11.6 Å². The Bertz CT molecular complexity index is 1050. The zero-order valence-electron chi connectivity index (χ0n) is 14.5. The van der Waals surface area contributed by atoms with Crippen LogP contribution in [-0.4, -0.2) is 22.4 Å². The molecule has 0 aliphatic heterocycles. The van der Waals surface area contributed by atoms with E-state index in [9.17, 15) is 10.1 Å². The van der Waals surface area contributed by atoms with Crippen molar-refractivity contribution in [2.45, 2.75) is 26.2 Å². The largest absolute Gasteiger partial charge is 0.477 e. The van der Waals surface area contributed by atoms with E-state index in [0.717, 1.165) is 29.7 Å². The van der Waals surface area contributed by atoms with Crippen molar-refractivity contribution in [2.24, 2.45) is 0 Å². The first kappa shape index (κ1) is 16.2. The Morgan fingerprint density at radius 2 is 2.00 bits per heavy atom. The van der Waals surface area contributed by atoms with Gasteiger partial charge in [0.15, 0.2) is 11.4 Å².